The SMILES string of the molecule is CN=C(NCCc1cccc2ccccc12)NC1CCc2ncnn2C1.I. The Kier molecular flexibility index (Phi) is 6.65. The maximum Gasteiger partial charge on any atom is 0.191 e. The lowest BCUT2D eigenvalue weighted by molar-refractivity contribution is 0.393. The van der Waals surface area contributed by atoms with Crippen LogP contribution in [0.2, 0.25) is 0 Å². The molecule has 0 saturated heterocycles. The summed E-state index contributed by atoms with van der Waals surface area (Å²) in [6, 6.07) is 15.4. The molecule has 27 heavy (non-hydrogen) atoms. The number of guanidine groups is 1. The molecule has 0 aliphatic carbocycles. The molecule has 0 radical (unpaired) electrons. The van der Waals surface area contributed by atoms with Crippen molar-refractivity contribution in [1.82, 2.24) is 25.4 Å². The fourth-order valence-corrected chi connectivity index (χ4v) is 3.57. The smallest absolute Gasteiger partial charge is 0.191 e. The lowest BCUT2D eigenvalue weighted by atomic mass is 10.0. The topological polar surface area (TPSA) is 67.1 Å². The minimum atomic E-state index is 0. The number of halogens is 1. The molecule has 6 nitrogen and oxygen atoms in total. The zero-order valence-electron chi connectivity index (χ0n) is 15.4. The van der Waals surface area contributed by atoms with Crippen LogP contribution < -0.4 is 10.6 Å². The van der Waals surface area contributed by atoms with Crippen LogP contribution in [0.25, 0.3) is 10.8 Å². The molecule has 0 saturated carbocycles. The summed E-state index contributed by atoms with van der Waals surface area (Å²) in [5, 5.41) is 13.8. The Morgan fingerprint density at radius 1 is 1.22 bits per heavy atom. The average Bonchev–Trinajstić information content (AvgIpc) is 3.15. The molecule has 3 aromatic rings. The van der Waals surface area contributed by atoms with Crippen LogP contribution in [0.1, 0.15) is 17.8 Å². The van der Waals surface area contributed by atoms with Crippen LogP contribution in [0.15, 0.2) is 53.8 Å². The lowest BCUT2D eigenvalue weighted by Crippen LogP contribution is -2.47. The van der Waals surface area contributed by atoms with Gasteiger partial charge in [0.15, 0.2) is 5.96 Å². The van der Waals surface area contributed by atoms with E-state index >= 15 is 0 Å². The molecule has 0 amide bonds. The van der Waals surface area contributed by atoms with Crippen molar-refractivity contribution < 1.29 is 0 Å². The Hall–Kier alpha value is -2.16. The number of benzene rings is 2. The molecule has 4 rings (SSSR count). The first kappa shape index (κ1) is 19.6. The molecule has 0 spiro atoms. The Bertz CT molecular complexity index is 914. The Morgan fingerprint density at radius 3 is 2.96 bits per heavy atom. The number of hydrogen-bond acceptors (Lipinski definition) is 3. The summed E-state index contributed by atoms with van der Waals surface area (Å²) >= 11 is 0. The lowest BCUT2D eigenvalue weighted by Gasteiger charge is -2.25. The van der Waals surface area contributed by atoms with Crippen LogP contribution in [0.3, 0.4) is 0 Å². The summed E-state index contributed by atoms with van der Waals surface area (Å²) in [5.74, 6) is 1.92. The maximum absolute atomic E-state index is 4.37. The number of hydrogen-bond donors (Lipinski definition) is 2. The zero-order chi connectivity index (χ0) is 17.8. The summed E-state index contributed by atoms with van der Waals surface area (Å²) in [6.07, 6.45) is 4.59. The Balaban J connectivity index is 0.00000210. The van der Waals surface area contributed by atoms with E-state index < -0.39 is 0 Å². The maximum atomic E-state index is 4.37. The van der Waals surface area contributed by atoms with Gasteiger partial charge in [-0.1, -0.05) is 42.5 Å². The minimum Gasteiger partial charge on any atom is -0.356 e. The summed E-state index contributed by atoms with van der Waals surface area (Å²) in [6.45, 7) is 1.67. The molecule has 0 bridgehead atoms. The summed E-state index contributed by atoms with van der Waals surface area (Å²) in [5.41, 5.74) is 1.36. The molecule has 1 unspecified atom stereocenters. The highest BCUT2D eigenvalue weighted by Gasteiger charge is 2.20. The summed E-state index contributed by atoms with van der Waals surface area (Å²) < 4.78 is 1.98. The first-order chi connectivity index (χ1) is 12.8. The van der Waals surface area contributed by atoms with E-state index in [1.807, 2.05) is 11.7 Å². The molecule has 1 aromatic heterocycles. The van der Waals surface area contributed by atoms with Crippen molar-refractivity contribution in [1.29, 1.82) is 0 Å². The second-order valence-electron chi connectivity index (χ2n) is 6.63. The molecule has 1 aliphatic heterocycles. The van der Waals surface area contributed by atoms with Gasteiger partial charge in [0.2, 0.25) is 0 Å². The molecule has 142 valence electrons. The fraction of sp³-hybridized carbons (Fsp3) is 0.350. The second-order valence-corrected chi connectivity index (χ2v) is 6.63. The van der Waals surface area contributed by atoms with Crippen molar-refractivity contribution in [2.45, 2.75) is 31.8 Å². The van der Waals surface area contributed by atoms with Gasteiger partial charge in [-0.05, 0) is 29.2 Å². The predicted molar refractivity (Wildman–Crippen MR) is 120 cm³/mol. The fourth-order valence-electron chi connectivity index (χ4n) is 3.57. The average molecular weight is 476 g/mol. The first-order valence-corrected chi connectivity index (χ1v) is 9.14. The highest BCUT2D eigenvalue weighted by Crippen LogP contribution is 2.18. The van der Waals surface area contributed by atoms with E-state index in [2.05, 4.69) is 68.2 Å². The van der Waals surface area contributed by atoms with E-state index in [1.165, 1.54) is 16.3 Å². The zero-order valence-corrected chi connectivity index (χ0v) is 17.8. The number of aryl methyl sites for hydroxylation is 1. The first-order valence-electron chi connectivity index (χ1n) is 9.14. The van der Waals surface area contributed by atoms with Crippen molar-refractivity contribution in [2.24, 2.45) is 4.99 Å². The molecule has 7 heteroatoms. The molecule has 1 aliphatic rings. The number of aliphatic imine (C=N–C) groups is 1. The molecule has 1 atom stereocenters. The van der Waals surface area contributed by atoms with Gasteiger partial charge in [0.1, 0.15) is 12.2 Å². The van der Waals surface area contributed by atoms with Crippen molar-refractivity contribution >= 4 is 40.7 Å². The van der Waals surface area contributed by atoms with Crippen LogP contribution in [-0.2, 0) is 19.4 Å². The number of fused-ring (bicyclic) bond motifs is 2. The molecule has 2 N–H and O–H groups in total. The highest BCUT2D eigenvalue weighted by atomic mass is 127. The third-order valence-corrected chi connectivity index (χ3v) is 4.94. The molecule has 2 aromatic carbocycles. The minimum absolute atomic E-state index is 0. The quantitative estimate of drug-likeness (QED) is 0.346. The van der Waals surface area contributed by atoms with Crippen molar-refractivity contribution in [3.8, 4) is 0 Å². The molecular formula is C20H25IN6. The van der Waals surface area contributed by atoms with Gasteiger partial charge in [-0.2, -0.15) is 5.10 Å². The van der Waals surface area contributed by atoms with Gasteiger partial charge in [0.05, 0.1) is 6.54 Å². The van der Waals surface area contributed by atoms with Crippen LogP contribution in [0.5, 0.6) is 0 Å². The monoisotopic (exact) mass is 476 g/mol. The Labute approximate surface area is 176 Å². The van der Waals surface area contributed by atoms with Crippen molar-refractivity contribution in [2.75, 3.05) is 13.6 Å². The van der Waals surface area contributed by atoms with Crippen molar-refractivity contribution in [3.05, 3.63) is 60.2 Å². The number of nitrogens with zero attached hydrogens (tertiary/aromatic N) is 4. The summed E-state index contributed by atoms with van der Waals surface area (Å²) in [4.78, 5) is 8.65. The van der Waals surface area contributed by atoms with Gasteiger partial charge in [-0.25, -0.2) is 9.67 Å². The Morgan fingerprint density at radius 2 is 2.07 bits per heavy atom. The third kappa shape index (κ3) is 4.58. The van der Waals surface area contributed by atoms with Crippen LogP contribution in [0, 0.1) is 0 Å². The van der Waals surface area contributed by atoms with Gasteiger partial charge < -0.3 is 10.6 Å². The van der Waals surface area contributed by atoms with Crippen LogP contribution in [0.4, 0.5) is 0 Å². The van der Waals surface area contributed by atoms with Gasteiger partial charge in [0, 0.05) is 26.1 Å². The van der Waals surface area contributed by atoms with Crippen LogP contribution in [-0.4, -0.2) is 40.4 Å². The van der Waals surface area contributed by atoms with Crippen molar-refractivity contribution in [3.63, 3.8) is 0 Å². The second kappa shape index (κ2) is 9.16. The van der Waals surface area contributed by atoms with E-state index in [-0.39, 0.29) is 24.0 Å². The third-order valence-electron chi connectivity index (χ3n) is 4.94. The molecule has 0 fully saturated rings. The van der Waals surface area contributed by atoms with Gasteiger partial charge in [-0.15, -0.1) is 24.0 Å². The number of aromatic nitrogens is 3. The normalized spacial score (nSPS) is 16.5. The van der Waals surface area contributed by atoms with E-state index in [1.54, 1.807) is 6.33 Å². The predicted octanol–water partition coefficient (Wildman–Crippen LogP) is 2.77. The van der Waals surface area contributed by atoms with Crippen LogP contribution >= 0.6 is 24.0 Å². The van der Waals surface area contributed by atoms with E-state index in [9.17, 15) is 0 Å². The number of rotatable bonds is 4. The highest BCUT2D eigenvalue weighted by molar-refractivity contribution is 14.0. The molecule has 2 heterocycles. The number of nitrogens with one attached hydrogen (secondary N) is 2. The van der Waals surface area contributed by atoms with E-state index in [4.69, 9.17) is 0 Å². The largest absolute Gasteiger partial charge is 0.356 e. The summed E-state index contributed by atoms with van der Waals surface area (Å²) in [7, 11) is 1.82. The van der Waals surface area contributed by atoms with E-state index in [0.717, 1.165) is 44.1 Å². The van der Waals surface area contributed by atoms with Gasteiger partial charge in [-0.3, -0.25) is 4.99 Å². The molecular weight excluding hydrogens is 451 g/mol. The van der Waals surface area contributed by atoms with Gasteiger partial charge >= 0.3 is 0 Å². The van der Waals surface area contributed by atoms with E-state index in [0.29, 0.717) is 6.04 Å². The standard InChI is InChI=1S/C20H24N6.HI/c1-21-20(25-17-9-10-19-23-14-24-26(19)13-17)22-12-11-16-7-4-6-15-5-2-3-8-18(15)16;/h2-8,14,17H,9-13H2,1H3,(H2,21,22,25);1H. The van der Waals surface area contributed by atoms with Gasteiger partial charge in [0.25, 0.3) is 0 Å².